The van der Waals surface area contributed by atoms with Crippen molar-refractivity contribution in [2.45, 2.75) is 45.6 Å². The van der Waals surface area contributed by atoms with E-state index in [1.54, 1.807) is 0 Å². The van der Waals surface area contributed by atoms with Crippen LogP contribution in [0.15, 0.2) is 34.7 Å². The van der Waals surface area contributed by atoms with Crippen LogP contribution in [-0.2, 0) is 4.74 Å². The van der Waals surface area contributed by atoms with E-state index < -0.39 is 6.10 Å². The molecular weight excluding hydrogens is 296 g/mol. The number of hydrogen-bond acceptors (Lipinski definition) is 3. The molecule has 0 aliphatic carbocycles. The van der Waals surface area contributed by atoms with E-state index in [-0.39, 0.29) is 5.76 Å². The fourth-order valence-electron chi connectivity index (χ4n) is 1.18. The molecule has 1 atom stereocenters. The van der Waals surface area contributed by atoms with Crippen LogP contribution in [0.25, 0.3) is 0 Å². The first-order valence-electron chi connectivity index (χ1n) is 6.30. The molecule has 0 bridgehead atoms. The van der Waals surface area contributed by atoms with E-state index in [2.05, 4.69) is 36.4 Å². The number of unbranched alkanes of at least 4 members (excludes halogenated alkanes) is 2. The molecule has 0 spiro atoms. The zero-order chi connectivity index (χ0) is 14.0. The van der Waals surface area contributed by atoms with E-state index in [1.807, 2.05) is 6.08 Å². The van der Waals surface area contributed by atoms with Crippen LogP contribution < -0.4 is 0 Å². The first kappa shape index (κ1) is 17.3. The molecule has 0 saturated carbocycles. The molecule has 2 N–H and O–H groups in total. The highest BCUT2D eigenvalue weighted by molar-refractivity contribution is 9.12. The molecule has 104 valence electrons. The molecule has 0 unspecified atom stereocenters. The minimum Gasteiger partial charge on any atom is -0.508 e. The van der Waals surface area contributed by atoms with Gasteiger partial charge in [-0.15, -0.1) is 6.58 Å². The van der Waals surface area contributed by atoms with E-state index in [4.69, 9.17) is 4.74 Å². The Balaban J connectivity index is 4.88. The summed E-state index contributed by atoms with van der Waals surface area (Å²) in [4.78, 5) is 0. The summed E-state index contributed by atoms with van der Waals surface area (Å²) < 4.78 is 6.00. The topological polar surface area (TPSA) is 49.7 Å². The van der Waals surface area contributed by atoms with Gasteiger partial charge >= 0.3 is 0 Å². The van der Waals surface area contributed by atoms with Crippen molar-refractivity contribution in [2.75, 3.05) is 6.61 Å². The molecule has 0 saturated heterocycles. The number of hydrogen-bond donors (Lipinski definition) is 2. The van der Waals surface area contributed by atoms with Gasteiger partial charge in [0.05, 0.1) is 11.1 Å². The van der Waals surface area contributed by atoms with Crippen molar-refractivity contribution in [3.63, 3.8) is 0 Å². The monoisotopic (exact) mass is 318 g/mol. The molecule has 4 heteroatoms. The Morgan fingerprint density at radius 2 is 2.06 bits per heavy atom. The summed E-state index contributed by atoms with van der Waals surface area (Å²) in [5, 5.41) is 19.3. The van der Waals surface area contributed by atoms with Crippen molar-refractivity contribution in [3.8, 4) is 0 Å². The Labute approximate surface area is 118 Å². The van der Waals surface area contributed by atoms with Gasteiger partial charge in [-0.3, -0.25) is 0 Å². The van der Waals surface area contributed by atoms with Crippen molar-refractivity contribution < 1.29 is 14.9 Å². The smallest absolute Gasteiger partial charge is 0.143 e. The van der Waals surface area contributed by atoms with Crippen LogP contribution in [0, 0.1) is 0 Å². The molecule has 0 aliphatic rings. The van der Waals surface area contributed by atoms with Gasteiger partial charge in [-0.25, -0.2) is 0 Å². The maximum Gasteiger partial charge on any atom is 0.143 e. The zero-order valence-electron chi connectivity index (χ0n) is 11.2. The Hall–Kier alpha value is -0.740. The molecule has 0 aromatic carbocycles. The standard InChI is InChI=1S/C14H23BrO3/c1-4-7-9-12(18-10-8-5-2)13(15)14(17)11(16)6-3/h6,9,11,16-17H,3-5,7-8,10H2,1-2H3/b12-9+,14-13+/t11-/m1/s1. The molecule has 0 aliphatic heterocycles. The predicted octanol–water partition coefficient (Wildman–Crippen LogP) is 4.20. The molecule has 0 rings (SSSR count). The average Bonchev–Trinajstić information content (AvgIpc) is 2.40. The zero-order valence-corrected chi connectivity index (χ0v) is 12.7. The third-order valence-corrected chi connectivity index (χ3v) is 3.12. The predicted molar refractivity (Wildman–Crippen MR) is 78.6 cm³/mol. The van der Waals surface area contributed by atoms with Gasteiger partial charge < -0.3 is 14.9 Å². The number of rotatable bonds is 9. The van der Waals surface area contributed by atoms with E-state index in [9.17, 15) is 10.2 Å². The summed E-state index contributed by atoms with van der Waals surface area (Å²) in [6.45, 7) is 8.18. The van der Waals surface area contributed by atoms with Crippen molar-refractivity contribution in [3.05, 3.63) is 34.7 Å². The first-order valence-corrected chi connectivity index (χ1v) is 7.10. The van der Waals surface area contributed by atoms with Gasteiger partial charge in [0.1, 0.15) is 17.6 Å². The molecule has 0 aromatic rings. The van der Waals surface area contributed by atoms with Crippen LogP contribution >= 0.6 is 15.9 Å². The van der Waals surface area contributed by atoms with E-state index in [0.717, 1.165) is 25.7 Å². The molecule has 3 nitrogen and oxygen atoms in total. The van der Waals surface area contributed by atoms with E-state index in [1.165, 1.54) is 6.08 Å². The number of aliphatic hydroxyl groups is 2. The highest BCUT2D eigenvalue weighted by Crippen LogP contribution is 2.24. The third-order valence-electron chi connectivity index (χ3n) is 2.32. The van der Waals surface area contributed by atoms with Gasteiger partial charge in [-0.1, -0.05) is 32.8 Å². The van der Waals surface area contributed by atoms with Gasteiger partial charge in [0.15, 0.2) is 0 Å². The highest BCUT2D eigenvalue weighted by Gasteiger charge is 2.14. The Bertz CT molecular complexity index is 308. The molecule has 0 radical (unpaired) electrons. The maximum absolute atomic E-state index is 9.80. The molecule has 0 aromatic heterocycles. The maximum atomic E-state index is 9.80. The number of ether oxygens (including phenoxy) is 1. The largest absolute Gasteiger partial charge is 0.508 e. The lowest BCUT2D eigenvalue weighted by molar-refractivity contribution is 0.183. The van der Waals surface area contributed by atoms with Gasteiger partial charge in [-0.05, 0) is 34.8 Å². The van der Waals surface area contributed by atoms with Gasteiger partial charge in [0.25, 0.3) is 0 Å². The first-order chi connectivity index (χ1) is 8.58. The van der Waals surface area contributed by atoms with Crippen LogP contribution in [0.4, 0.5) is 0 Å². The van der Waals surface area contributed by atoms with Crippen molar-refractivity contribution in [1.29, 1.82) is 0 Å². The van der Waals surface area contributed by atoms with Gasteiger partial charge in [-0.2, -0.15) is 0 Å². The third kappa shape index (κ3) is 6.26. The lowest BCUT2D eigenvalue weighted by Crippen LogP contribution is -2.09. The minimum atomic E-state index is -1.08. The van der Waals surface area contributed by atoms with E-state index >= 15 is 0 Å². The van der Waals surface area contributed by atoms with Crippen LogP contribution in [0.3, 0.4) is 0 Å². The molecular formula is C14H23BrO3. The van der Waals surface area contributed by atoms with Gasteiger partial charge in [0.2, 0.25) is 0 Å². The number of allylic oxidation sites excluding steroid dienone is 2. The van der Waals surface area contributed by atoms with Crippen molar-refractivity contribution >= 4 is 15.9 Å². The van der Waals surface area contributed by atoms with Crippen LogP contribution in [0.5, 0.6) is 0 Å². The lowest BCUT2D eigenvalue weighted by Gasteiger charge is -2.13. The van der Waals surface area contributed by atoms with E-state index in [0.29, 0.717) is 16.8 Å². The summed E-state index contributed by atoms with van der Waals surface area (Å²) in [6, 6.07) is 0. The number of aliphatic hydroxyl groups excluding tert-OH is 2. The molecule has 0 fully saturated rings. The summed E-state index contributed by atoms with van der Waals surface area (Å²) in [5.74, 6) is 0.396. The Kier molecular flexibility index (Phi) is 9.79. The second-order valence-corrected chi connectivity index (χ2v) is 4.73. The van der Waals surface area contributed by atoms with Crippen molar-refractivity contribution in [2.24, 2.45) is 0 Å². The Morgan fingerprint density at radius 1 is 1.39 bits per heavy atom. The quantitative estimate of drug-likeness (QED) is 0.290. The van der Waals surface area contributed by atoms with Crippen molar-refractivity contribution in [1.82, 2.24) is 0 Å². The molecule has 18 heavy (non-hydrogen) atoms. The normalized spacial score (nSPS) is 15.0. The number of halogens is 1. The summed E-state index contributed by atoms with van der Waals surface area (Å²) in [5.41, 5.74) is 0. The Morgan fingerprint density at radius 3 is 2.56 bits per heavy atom. The molecule has 0 heterocycles. The van der Waals surface area contributed by atoms with Crippen LogP contribution in [0.2, 0.25) is 0 Å². The lowest BCUT2D eigenvalue weighted by atomic mass is 10.2. The average molecular weight is 319 g/mol. The van der Waals surface area contributed by atoms with Gasteiger partial charge in [0, 0.05) is 0 Å². The summed E-state index contributed by atoms with van der Waals surface area (Å²) in [7, 11) is 0. The molecule has 0 amide bonds. The fourth-order valence-corrected chi connectivity index (χ4v) is 1.69. The highest BCUT2D eigenvalue weighted by atomic mass is 79.9. The second-order valence-electron chi connectivity index (χ2n) is 3.94. The van der Waals surface area contributed by atoms with Crippen LogP contribution in [0.1, 0.15) is 39.5 Å². The summed E-state index contributed by atoms with van der Waals surface area (Å²) >= 11 is 3.26. The fraction of sp³-hybridized carbons (Fsp3) is 0.571. The minimum absolute atomic E-state index is 0.177. The second kappa shape index (κ2) is 10.2. The SMILES string of the molecule is C=C[C@@H](O)/C(O)=C(Br)/C(=C\CCC)OCCCC. The summed E-state index contributed by atoms with van der Waals surface area (Å²) in [6.07, 6.45) is 5.93. The van der Waals surface area contributed by atoms with Crippen LogP contribution in [-0.4, -0.2) is 22.9 Å².